The molecule has 106 valence electrons. The molecular weight excluding hydrogens is 236 g/mol. The van der Waals surface area contributed by atoms with Crippen molar-refractivity contribution < 1.29 is 11.2 Å². The smallest absolute Gasteiger partial charge is 0.119 e. The fraction of sp³-hybridized carbons (Fsp3) is 0.647. The quantitative estimate of drug-likeness (QED) is 0.820. The van der Waals surface area contributed by atoms with Gasteiger partial charge in [0.25, 0.3) is 0 Å². The summed E-state index contributed by atoms with van der Waals surface area (Å²) in [5.41, 5.74) is 0.625. The molecule has 0 bridgehead atoms. The van der Waals surface area contributed by atoms with Crippen LogP contribution in [0.5, 0.6) is 5.75 Å². The minimum Gasteiger partial charge on any atom is -0.493 e. The second kappa shape index (κ2) is 7.54. The Balaban J connectivity index is 1.95. The van der Waals surface area contributed by atoms with Crippen molar-refractivity contribution in [3.05, 3.63) is 29.8 Å². The molecule has 1 aliphatic carbocycles. The van der Waals surface area contributed by atoms with Gasteiger partial charge in [-0.15, -0.1) is 0 Å². The van der Waals surface area contributed by atoms with Crippen LogP contribution in [0.2, 0.25) is 0 Å². The van der Waals surface area contributed by atoms with Gasteiger partial charge < -0.3 is 9.84 Å². The molecule has 0 aromatic heterocycles. The van der Waals surface area contributed by atoms with E-state index in [1.54, 1.807) is 6.07 Å². The van der Waals surface area contributed by atoms with Crippen LogP contribution in [0.1, 0.15) is 64.9 Å². The highest BCUT2D eigenvalue weighted by Crippen LogP contribution is 2.26. The van der Waals surface area contributed by atoms with Gasteiger partial charge in [-0.1, -0.05) is 44.7 Å². The average Bonchev–Trinajstić information content (AvgIpc) is 2.46. The van der Waals surface area contributed by atoms with Crippen LogP contribution in [0.15, 0.2) is 24.3 Å². The molecule has 1 aromatic rings. The first kappa shape index (κ1) is 13.0. The maximum Gasteiger partial charge on any atom is 0.119 e. The molecular formula is C17H26O2. The predicted octanol–water partition coefficient (Wildman–Crippen LogP) is 4.48. The van der Waals surface area contributed by atoms with Gasteiger partial charge in [-0.05, 0) is 42.9 Å². The maximum absolute atomic E-state index is 10.1. The van der Waals surface area contributed by atoms with Crippen molar-refractivity contribution in [3.8, 4) is 5.75 Å². The van der Waals surface area contributed by atoms with E-state index in [4.69, 9.17) is 6.11 Å². The van der Waals surface area contributed by atoms with E-state index in [1.165, 1.54) is 32.1 Å². The highest BCUT2D eigenvalue weighted by Gasteiger charge is 2.14. The standard InChI is InChI=1S/C17H26O2/c1-2-7-17(18)15-10-6-11-16(12-15)19-13-14-8-4-3-5-9-14/h6,10-12,14,17-18H,2-5,7-9,13H2,1H3/i17D. The van der Waals surface area contributed by atoms with Crippen LogP contribution in [0, 0.1) is 5.92 Å². The van der Waals surface area contributed by atoms with Gasteiger partial charge in [-0.25, -0.2) is 0 Å². The Morgan fingerprint density at radius 1 is 1.37 bits per heavy atom. The average molecular weight is 263 g/mol. The predicted molar refractivity (Wildman–Crippen MR) is 78.4 cm³/mol. The first-order valence-electron chi connectivity index (χ1n) is 8.07. The zero-order chi connectivity index (χ0) is 14.4. The van der Waals surface area contributed by atoms with Crippen LogP contribution in [-0.2, 0) is 0 Å². The summed E-state index contributed by atoms with van der Waals surface area (Å²) in [7, 11) is 0. The number of hydrogen-bond donors (Lipinski definition) is 1. The Morgan fingerprint density at radius 3 is 2.89 bits per heavy atom. The molecule has 1 saturated carbocycles. The summed E-state index contributed by atoms with van der Waals surface area (Å²) >= 11 is 0. The van der Waals surface area contributed by atoms with Gasteiger partial charge in [0.15, 0.2) is 0 Å². The van der Waals surface area contributed by atoms with E-state index in [2.05, 4.69) is 0 Å². The number of benzene rings is 1. The molecule has 1 aromatic carbocycles. The van der Waals surface area contributed by atoms with Gasteiger partial charge >= 0.3 is 0 Å². The van der Waals surface area contributed by atoms with Crippen LogP contribution >= 0.6 is 0 Å². The zero-order valence-electron chi connectivity index (χ0n) is 12.9. The molecule has 1 unspecified atom stereocenters. The van der Waals surface area contributed by atoms with Crippen molar-refractivity contribution in [1.82, 2.24) is 0 Å². The topological polar surface area (TPSA) is 29.5 Å². The first-order chi connectivity index (χ1) is 9.62. The van der Waals surface area contributed by atoms with E-state index in [0.717, 1.165) is 18.8 Å². The number of ether oxygens (including phenoxy) is 1. The fourth-order valence-corrected chi connectivity index (χ4v) is 2.71. The van der Waals surface area contributed by atoms with Crippen LogP contribution in [-0.4, -0.2) is 11.7 Å². The lowest BCUT2D eigenvalue weighted by Gasteiger charge is -2.22. The number of hydrogen-bond acceptors (Lipinski definition) is 2. The third-order valence-electron chi connectivity index (χ3n) is 3.86. The van der Waals surface area contributed by atoms with Gasteiger partial charge in [0.1, 0.15) is 5.75 Å². The van der Waals surface area contributed by atoms with Crippen LogP contribution < -0.4 is 4.74 Å². The van der Waals surface area contributed by atoms with Crippen molar-refractivity contribution >= 4 is 0 Å². The van der Waals surface area contributed by atoms with Crippen molar-refractivity contribution in [2.75, 3.05) is 6.61 Å². The Bertz CT molecular complexity index is 411. The van der Waals surface area contributed by atoms with E-state index < -0.39 is 6.08 Å². The number of aliphatic hydroxyl groups is 1. The van der Waals surface area contributed by atoms with Crippen LogP contribution in [0.3, 0.4) is 0 Å². The highest BCUT2D eigenvalue weighted by molar-refractivity contribution is 5.29. The van der Waals surface area contributed by atoms with E-state index >= 15 is 0 Å². The SMILES string of the molecule is [2H]C(O)(CCC)c1cccc(OCC2CCCCC2)c1. The highest BCUT2D eigenvalue weighted by atomic mass is 16.5. The van der Waals surface area contributed by atoms with Crippen LogP contribution in [0.4, 0.5) is 0 Å². The lowest BCUT2D eigenvalue weighted by molar-refractivity contribution is 0.165. The Labute approximate surface area is 118 Å². The molecule has 0 aliphatic heterocycles. The molecule has 1 atom stereocenters. The van der Waals surface area contributed by atoms with Crippen molar-refractivity contribution in [3.63, 3.8) is 0 Å². The monoisotopic (exact) mass is 263 g/mol. The molecule has 2 heteroatoms. The molecule has 1 N–H and O–H groups in total. The summed E-state index contributed by atoms with van der Waals surface area (Å²) in [6.45, 7) is 2.73. The maximum atomic E-state index is 10.1. The van der Waals surface area contributed by atoms with E-state index in [-0.39, 0.29) is 0 Å². The molecule has 1 aliphatic rings. The largest absolute Gasteiger partial charge is 0.493 e. The second-order valence-corrected chi connectivity index (χ2v) is 5.54. The van der Waals surface area contributed by atoms with Gasteiger partial charge in [0.05, 0.1) is 14.1 Å². The minimum absolute atomic E-state index is 0.444. The van der Waals surface area contributed by atoms with Crippen molar-refractivity contribution in [1.29, 1.82) is 0 Å². The van der Waals surface area contributed by atoms with E-state index in [0.29, 0.717) is 17.9 Å². The third-order valence-corrected chi connectivity index (χ3v) is 3.86. The van der Waals surface area contributed by atoms with E-state index in [1.807, 2.05) is 25.1 Å². The lowest BCUT2D eigenvalue weighted by Crippen LogP contribution is -2.15. The molecule has 2 rings (SSSR count). The van der Waals surface area contributed by atoms with Gasteiger partial charge in [-0.3, -0.25) is 0 Å². The second-order valence-electron chi connectivity index (χ2n) is 5.54. The lowest BCUT2D eigenvalue weighted by atomic mass is 9.90. The Kier molecular flexibility index (Phi) is 5.15. The summed E-state index contributed by atoms with van der Waals surface area (Å²) in [5.74, 6) is 1.44. The molecule has 0 saturated heterocycles. The molecule has 2 nitrogen and oxygen atoms in total. The fourth-order valence-electron chi connectivity index (χ4n) is 2.71. The molecule has 19 heavy (non-hydrogen) atoms. The van der Waals surface area contributed by atoms with Gasteiger partial charge in [-0.2, -0.15) is 0 Å². The Morgan fingerprint density at radius 2 is 2.16 bits per heavy atom. The van der Waals surface area contributed by atoms with Crippen molar-refractivity contribution in [2.45, 2.75) is 57.9 Å². The summed E-state index contributed by atoms with van der Waals surface area (Å²) in [4.78, 5) is 0. The number of rotatable bonds is 6. The summed E-state index contributed by atoms with van der Waals surface area (Å²) in [5, 5.41) is 10.1. The minimum atomic E-state index is -1.50. The normalized spacial score (nSPS) is 20.6. The molecule has 0 spiro atoms. The molecule has 0 amide bonds. The van der Waals surface area contributed by atoms with Crippen LogP contribution in [0.25, 0.3) is 0 Å². The molecule has 0 radical (unpaired) electrons. The zero-order valence-corrected chi connectivity index (χ0v) is 11.9. The van der Waals surface area contributed by atoms with E-state index in [9.17, 15) is 5.11 Å². The summed E-state index contributed by atoms with van der Waals surface area (Å²) in [6, 6.07) is 7.39. The van der Waals surface area contributed by atoms with Gasteiger partial charge in [0.2, 0.25) is 0 Å². The van der Waals surface area contributed by atoms with Crippen molar-refractivity contribution in [2.24, 2.45) is 5.92 Å². The van der Waals surface area contributed by atoms with Gasteiger partial charge in [0, 0.05) is 0 Å². The summed E-state index contributed by atoms with van der Waals surface area (Å²) in [6.07, 6.45) is 6.24. The molecule has 0 heterocycles. The first-order valence-corrected chi connectivity index (χ1v) is 7.57. The third kappa shape index (κ3) is 4.54. The Hall–Kier alpha value is -1.02. The summed E-state index contributed by atoms with van der Waals surface area (Å²) < 4.78 is 13.9. The molecule has 1 fully saturated rings.